The molecule has 0 saturated heterocycles. The number of rotatable bonds is 6. The summed E-state index contributed by atoms with van der Waals surface area (Å²) >= 11 is 0. The van der Waals surface area contributed by atoms with Crippen LogP contribution in [-0.4, -0.2) is 39.7 Å². The number of anilines is 2. The molecule has 0 heterocycles. The Morgan fingerprint density at radius 3 is 1.91 bits per heavy atom. The first-order valence-corrected chi connectivity index (χ1v) is 11.0. The monoisotopic (exact) mass is 450 g/mol. The number of hydrogen-bond acceptors (Lipinski definition) is 6. The third-order valence-electron chi connectivity index (χ3n) is 4.32. The fourth-order valence-electron chi connectivity index (χ4n) is 2.65. The summed E-state index contributed by atoms with van der Waals surface area (Å²) in [6, 6.07) is 21.1. The highest BCUT2D eigenvalue weighted by Gasteiger charge is 2.11. The zero-order valence-electron chi connectivity index (χ0n) is 18.6. The number of nitrogens with zero attached hydrogens (tertiary/aromatic N) is 3. The van der Waals surface area contributed by atoms with Gasteiger partial charge >= 0.3 is 5.97 Å². The van der Waals surface area contributed by atoms with E-state index in [0.29, 0.717) is 22.5 Å². The van der Waals surface area contributed by atoms with Crippen molar-refractivity contribution >= 4 is 43.9 Å². The van der Waals surface area contributed by atoms with Crippen LogP contribution >= 0.6 is 9.24 Å². The first-order chi connectivity index (χ1) is 15.5. The maximum absolute atomic E-state index is 12.4. The lowest BCUT2D eigenvalue weighted by molar-refractivity contribution is 0.0600. The lowest BCUT2D eigenvalue weighted by Gasteiger charge is -2.11. The van der Waals surface area contributed by atoms with E-state index in [-0.39, 0.29) is 5.91 Å². The van der Waals surface area contributed by atoms with Crippen LogP contribution in [0.25, 0.3) is 0 Å². The van der Waals surface area contributed by atoms with Gasteiger partial charge in [0, 0.05) is 31.0 Å². The minimum absolute atomic E-state index is 0.319. The molecule has 1 amide bonds. The molecule has 0 aliphatic rings. The Morgan fingerprint density at radius 2 is 1.38 bits per heavy atom. The smallest absolute Gasteiger partial charge is 0.337 e. The molecule has 1 unspecified atom stereocenters. The van der Waals surface area contributed by atoms with Crippen LogP contribution in [-0.2, 0) is 4.74 Å². The van der Waals surface area contributed by atoms with E-state index in [1.807, 2.05) is 49.9 Å². The van der Waals surface area contributed by atoms with Crippen molar-refractivity contribution < 1.29 is 14.3 Å². The van der Waals surface area contributed by atoms with Gasteiger partial charge in [-0.15, -0.1) is 9.24 Å². The van der Waals surface area contributed by atoms with Crippen LogP contribution in [0.4, 0.5) is 22.7 Å². The maximum atomic E-state index is 12.4. The van der Waals surface area contributed by atoms with Gasteiger partial charge in [0.2, 0.25) is 0 Å². The fraction of sp³-hybridized carbons (Fsp3) is 0.167. The van der Waals surface area contributed by atoms with Crippen molar-refractivity contribution in [3.63, 3.8) is 0 Å². The largest absolute Gasteiger partial charge is 0.465 e. The molecule has 166 valence electrons. The Kier molecular flexibility index (Phi) is 9.51. The molecule has 0 radical (unpaired) electrons. The summed E-state index contributed by atoms with van der Waals surface area (Å²) in [4.78, 5) is 26.1. The highest BCUT2D eigenvalue weighted by atomic mass is 31.0. The number of benzene rings is 3. The van der Waals surface area contributed by atoms with Crippen LogP contribution in [0, 0.1) is 0 Å². The predicted molar refractivity (Wildman–Crippen MR) is 133 cm³/mol. The molecule has 0 bridgehead atoms. The third-order valence-corrected chi connectivity index (χ3v) is 4.32. The topological polar surface area (TPSA) is 83.4 Å². The molecule has 7 nitrogen and oxygen atoms in total. The number of carbonyl (C=O) groups is 2. The average molecular weight is 450 g/mol. The van der Waals surface area contributed by atoms with Crippen LogP contribution in [0.15, 0.2) is 83.0 Å². The van der Waals surface area contributed by atoms with Gasteiger partial charge in [0.05, 0.1) is 24.0 Å². The van der Waals surface area contributed by atoms with Gasteiger partial charge in [0.25, 0.3) is 5.91 Å². The highest BCUT2D eigenvalue weighted by molar-refractivity contribution is 7.15. The van der Waals surface area contributed by atoms with Crippen LogP contribution in [0.3, 0.4) is 0 Å². The molecule has 0 fully saturated rings. The Hall–Kier alpha value is -3.57. The Labute approximate surface area is 190 Å². The summed E-state index contributed by atoms with van der Waals surface area (Å²) in [5.41, 5.74) is 3.80. The second-order valence-electron chi connectivity index (χ2n) is 6.68. The molecule has 1 N–H and O–H groups in total. The Morgan fingerprint density at radius 1 is 0.844 bits per heavy atom. The predicted octanol–water partition coefficient (Wildman–Crippen LogP) is 5.70. The number of amides is 1. The minimum atomic E-state index is -0.490. The van der Waals surface area contributed by atoms with Gasteiger partial charge in [-0.25, -0.2) is 4.79 Å². The first-order valence-electron chi connectivity index (χ1n) is 9.83. The second kappa shape index (κ2) is 12.3. The van der Waals surface area contributed by atoms with Crippen molar-refractivity contribution in [2.24, 2.45) is 10.2 Å². The molecule has 3 rings (SSSR count). The highest BCUT2D eigenvalue weighted by Crippen LogP contribution is 2.22. The number of carbonyl (C=O) groups excluding carboxylic acids is 2. The summed E-state index contributed by atoms with van der Waals surface area (Å²) < 4.78 is 4.68. The van der Waals surface area contributed by atoms with Gasteiger partial charge in [-0.3, -0.25) is 4.79 Å². The molecule has 3 aromatic carbocycles. The van der Waals surface area contributed by atoms with Gasteiger partial charge in [0.1, 0.15) is 0 Å². The Balaban J connectivity index is 0.00000176. The maximum Gasteiger partial charge on any atom is 0.337 e. The molecule has 0 spiro atoms. The standard InChI is InChI=1S/C23H22N4O3.CH5P/c1-27(2)21-13-11-20(12-14-21)26-25-19-9-7-18(8-10-19)24-22(28)16-5-4-6-17(15-16)23(29)30-3;1-2/h4-15H,1-3H3,(H,24,28);2H2,1H3. The number of azo groups is 1. The summed E-state index contributed by atoms with van der Waals surface area (Å²) in [6.45, 7) is 1.92. The Bertz CT molecular complexity index is 1070. The summed E-state index contributed by atoms with van der Waals surface area (Å²) in [7, 11) is 7.67. The van der Waals surface area contributed by atoms with Gasteiger partial charge in [0.15, 0.2) is 0 Å². The summed E-state index contributed by atoms with van der Waals surface area (Å²) in [6.07, 6.45) is 0. The van der Waals surface area contributed by atoms with E-state index < -0.39 is 5.97 Å². The number of hydrogen-bond donors (Lipinski definition) is 1. The number of nitrogens with one attached hydrogen (secondary N) is 1. The van der Waals surface area contributed by atoms with Crippen LogP contribution in [0.5, 0.6) is 0 Å². The molecule has 8 heteroatoms. The van der Waals surface area contributed by atoms with E-state index in [2.05, 4.69) is 29.5 Å². The molecule has 0 saturated carbocycles. The zero-order chi connectivity index (χ0) is 23.5. The number of methoxy groups -OCH3 is 1. The van der Waals surface area contributed by atoms with E-state index in [4.69, 9.17) is 0 Å². The van der Waals surface area contributed by atoms with Crippen molar-refractivity contribution in [3.05, 3.63) is 83.9 Å². The van der Waals surface area contributed by atoms with E-state index in [9.17, 15) is 9.59 Å². The lowest BCUT2D eigenvalue weighted by Crippen LogP contribution is -2.13. The SMILES string of the molecule is COC(=O)c1cccc(C(=O)Nc2ccc(N=Nc3ccc(N(C)C)cc3)cc2)c1.CP. The number of esters is 1. The molecule has 0 aliphatic heterocycles. The molecule has 3 aromatic rings. The van der Waals surface area contributed by atoms with Gasteiger partial charge in [-0.05, 0) is 66.7 Å². The van der Waals surface area contributed by atoms with Crippen molar-refractivity contribution in [1.29, 1.82) is 0 Å². The van der Waals surface area contributed by atoms with Crippen molar-refractivity contribution in [2.45, 2.75) is 0 Å². The molecule has 32 heavy (non-hydrogen) atoms. The van der Waals surface area contributed by atoms with Crippen molar-refractivity contribution in [2.75, 3.05) is 38.1 Å². The zero-order valence-corrected chi connectivity index (χ0v) is 19.7. The van der Waals surface area contributed by atoms with Crippen LogP contribution in [0.1, 0.15) is 20.7 Å². The van der Waals surface area contributed by atoms with E-state index in [0.717, 1.165) is 11.4 Å². The van der Waals surface area contributed by atoms with Gasteiger partial charge < -0.3 is 15.0 Å². The lowest BCUT2D eigenvalue weighted by atomic mass is 10.1. The molecular formula is C24H27N4O3P. The molecule has 0 aliphatic carbocycles. The average Bonchev–Trinajstić information content (AvgIpc) is 2.84. The van der Waals surface area contributed by atoms with Crippen molar-refractivity contribution in [3.8, 4) is 0 Å². The first kappa shape index (κ1) is 24.7. The second-order valence-corrected chi connectivity index (χ2v) is 6.68. The van der Waals surface area contributed by atoms with E-state index in [1.165, 1.54) is 13.2 Å². The van der Waals surface area contributed by atoms with Crippen LogP contribution in [0.2, 0.25) is 0 Å². The van der Waals surface area contributed by atoms with E-state index >= 15 is 0 Å². The molecule has 1 atom stereocenters. The third kappa shape index (κ3) is 7.00. The van der Waals surface area contributed by atoms with E-state index in [1.54, 1.807) is 42.5 Å². The van der Waals surface area contributed by atoms with Crippen LogP contribution < -0.4 is 10.2 Å². The molecular weight excluding hydrogens is 423 g/mol. The minimum Gasteiger partial charge on any atom is -0.465 e. The fourth-order valence-corrected chi connectivity index (χ4v) is 2.65. The van der Waals surface area contributed by atoms with Gasteiger partial charge in [-0.1, -0.05) is 12.7 Å². The summed E-state index contributed by atoms with van der Waals surface area (Å²) in [5.74, 6) is -0.813. The number of ether oxygens (including phenoxy) is 1. The van der Waals surface area contributed by atoms with Gasteiger partial charge in [-0.2, -0.15) is 10.2 Å². The van der Waals surface area contributed by atoms with Crippen molar-refractivity contribution in [1.82, 2.24) is 0 Å². The summed E-state index contributed by atoms with van der Waals surface area (Å²) in [5, 5.41) is 11.2. The normalized spacial score (nSPS) is 10.2. The molecule has 0 aromatic heterocycles. The quantitative estimate of drug-likeness (QED) is 0.297.